The molecule has 0 bridgehead atoms. The number of hydrogen-bond donors (Lipinski definition) is 0. The summed E-state index contributed by atoms with van der Waals surface area (Å²) in [4.78, 5) is 0. The Labute approximate surface area is 120 Å². The van der Waals surface area contributed by atoms with Crippen LogP contribution in [0.5, 0.6) is 0 Å². The van der Waals surface area contributed by atoms with E-state index in [-0.39, 0.29) is 0 Å². The first kappa shape index (κ1) is 15.6. The summed E-state index contributed by atoms with van der Waals surface area (Å²) >= 11 is 0. The van der Waals surface area contributed by atoms with E-state index in [2.05, 4.69) is 0 Å². The van der Waals surface area contributed by atoms with E-state index in [0.29, 0.717) is 0 Å². The van der Waals surface area contributed by atoms with E-state index in [1.165, 1.54) is 0 Å². The lowest BCUT2D eigenvalue weighted by Crippen LogP contribution is -2.25. The molecule has 0 unspecified atom stereocenters. The number of allylic oxidation sites excluding steroid dienone is 5. The molecule has 10 heteroatoms. The number of hydrogen-bond acceptors (Lipinski definition) is 0. The van der Waals surface area contributed by atoms with Crippen molar-refractivity contribution in [2.75, 3.05) is 0 Å². The molecular formula is C13F10. The Morgan fingerprint density at radius 2 is 1.00 bits per heavy atom. The van der Waals surface area contributed by atoms with Gasteiger partial charge in [-0.25, -0.2) is 35.1 Å². The maximum Gasteiger partial charge on any atom is 0.330 e. The van der Waals surface area contributed by atoms with Crippen LogP contribution in [0, 0.1) is 23.3 Å². The van der Waals surface area contributed by atoms with E-state index in [1.807, 2.05) is 0 Å². The molecule has 0 atom stereocenters. The molecule has 3 rings (SSSR count). The van der Waals surface area contributed by atoms with Gasteiger partial charge in [-0.05, 0) is 0 Å². The molecule has 2 aliphatic rings. The molecule has 0 aliphatic heterocycles. The largest absolute Gasteiger partial charge is 0.330 e. The fourth-order valence-corrected chi connectivity index (χ4v) is 2.40. The average Bonchev–Trinajstić information content (AvgIpc) is 2.81. The monoisotopic (exact) mass is 346 g/mol. The summed E-state index contributed by atoms with van der Waals surface area (Å²) in [6.45, 7) is 0. The molecule has 0 fully saturated rings. The Hall–Kier alpha value is -2.26. The van der Waals surface area contributed by atoms with Crippen molar-refractivity contribution in [2.24, 2.45) is 0 Å². The van der Waals surface area contributed by atoms with Gasteiger partial charge in [0.15, 0.2) is 34.9 Å². The van der Waals surface area contributed by atoms with Crippen LogP contribution in [0.3, 0.4) is 0 Å². The van der Waals surface area contributed by atoms with E-state index < -0.39 is 74.8 Å². The van der Waals surface area contributed by atoms with E-state index in [1.54, 1.807) is 0 Å². The van der Waals surface area contributed by atoms with Crippen molar-refractivity contribution in [2.45, 2.75) is 5.92 Å². The van der Waals surface area contributed by atoms with Crippen LogP contribution in [-0.2, 0) is 0 Å². The second-order valence-electron chi connectivity index (χ2n) is 4.59. The molecule has 2 aliphatic carbocycles. The Morgan fingerprint density at radius 1 is 0.522 bits per heavy atom. The molecule has 0 spiro atoms. The van der Waals surface area contributed by atoms with Crippen LogP contribution < -0.4 is 0 Å². The molecule has 1 aromatic carbocycles. The average molecular weight is 346 g/mol. The van der Waals surface area contributed by atoms with Crippen LogP contribution >= 0.6 is 0 Å². The van der Waals surface area contributed by atoms with Gasteiger partial charge in [0.25, 0.3) is 0 Å². The van der Waals surface area contributed by atoms with Gasteiger partial charge in [-0.2, -0.15) is 8.78 Å². The van der Waals surface area contributed by atoms with Crippen LogP contribution in [0.1, 0.15) is 11.1 Å². The first-order valence-electron chi connectivity index (χ1n) is 5.64. The van der Waals surface area contributed by atoms with Crippen molar-refractivity contribution in [3.63, 3.8) is 0 Å². The second kappa shape index (κ2) is 4.39. The van der Waals surface area contributed by atoms with Gasteiger partial charge in [0, 0.05) is 11.1 Å². The molecule has 0 radical (unpaired) electrons. The van der Waals surface area contributed by atoms with Crippen molar-refractivity contribution < 1.29 is 43.9 Å². The molecule has 0 nitrogen and oxygen atoms in total. The highest BCUT2D eigenvalue weighted by Gasteiger charge is 2.56. The van der Waals surface area contributed by atoms with Crippen molar-refractivity contribution in [1.29, 1.82) is 0 Å². The fourth-order valence-electron chi connectivity index (χ4n) is 2.40. The summed E-state index contributed by atoms with van der Waals surface area (Å²) in [7, 11) is 0. The normalized spacial score (nSPS) is 19.6. The van der Waals surface area contributed by atoms with Gasteiger partial charge in [0.1, 0.15) is 5.83 Å². The molecule has 0 N–H and O–H groups in total. The maximum absolute atomic E-state index is 14.0. The predicted octanol–water partition coefficient (Wildman–Crippen LogP) is 5.42. The van der Waals surface area contributed by atoms with Gasteiger partial charge in [0.05, 0.1) is 11.1 Å². The molecular weight excluding hydrogens is 346 g/mol. The summed E-state index contributed by atoms with van der Waals surface area (Å²) in [5, 5.41) is 0. The molecule has 0 saturated carbocycles. The first-order chi connectivity index (χ1) is 10.5. The van der Waals surface area contributed by atoms with Crippen LogP contribution in [-0.4, -0.2) is 5.92 Å². The van der Waals surface area contributed by atoms with Crippen molar-refractivity contribution in [1.82, 2.24) is 0 Å². The lowest BCUT2D eigenvalue weighted by molar-refractivity contribution is 0.0557. The SMILES string of the molecule is FC1=C2C(=C(F)c3c(F)c(F)c(F)c(F)c32)C(F)(F)C(F)=C1F. The second-order valence-corrected chi connectivity index (χ2v) is 4.59. The van der Waals surface area contributed by atoms with Gasteiger partial charge < -0.3 is 0 Å². The quantitative estimate of drug-likeness (QED) is 0.334. The summed E-state index contributed by atoms with van der Waals surface area (Å²) in [6.07, 6.45) is 0. The summed E-state index contributed by atoms with van der Waals surface area (Å²) in [6, 6.07) is 0. The van der Waals surface area contributed by atoms with Gasteiger partial charge in [-0.1, -0.05) is 0 Å². The highest BCUT2D eigenvalue weighted by atomic mass is 19.3. The van der Waals surface area contributed by atoms with Gasteiger partial charge in [-0.3, -0.25) is 0 Å². The van der Waals surface area contributed by atoms with Crippen molar-refractivity contribution in [3.8, 4) is 0 Å². The van der Waals surface area contributed by atoms with Crippen LogP contribution in [0.15, 0.2) is 23.1 Å². The van der Waals surface area contributed by atoms with Crippen molar-refractivity contribution in [3.05, 3.63) is 57.4 Å². The molecule has 122 valence electrons. The van der Waals surface area contributed by atoms with Gasteiger partial charge in [-0.15, -0.1) is 0 Å². The minimum atomic E-state index is -5.12. The minimum Gasteiger partial charge on any atom is -0.206 e. The fraction of sp³-hybridized carbons (Fsp3) is 0.0769. The first-order valence-corrected chi connectivity index (χ1v) is 5.64. The van der Waals surface area contributed by atoms with Crippen molar-refractivity contribution >= 4 is 11.4 Å². The Morgan fingerprint density at radius 3 is 1.52 bits per heavy atom. The molecule has 0 amide bonds. The third kappa shape index (κ3) is 1.63. The number of rotatable bonds is 0. The van der Waals surface area contributed by atoms with Gasteiger partial charge >= 0.3 is 5.92 Å². The number of benzene rings is 1. The molecule has 0 aromatic heterocycles. The molecule has 0 saturated heterocycles. The zero-order valence-corrected chi connectivity index (χ0v) is 10.3. The number of halogens is 10. The van der Waals surface area contributed by atoms with Gasteiger partial charge in [0.2, 0.25) is 5.83 Å². The third-order valence-corrected chi connectivity index (χ3v) is 3.40. The zero-order chi connectivity index (χ0) is 17.4. The highest BCUT2D eigenvalue weighted by Crippen LogP contribution is 2.58. The van der Waals surface area contributed by atoms with Crippen LogP contribution in [0.2, 0.25) is 0 Å². The predicted molar refractivity (Wildman–Crippen MR) is 56.5 cm³/mol. The number of alkyl halides is 2. The van der Waals surface area contributed by atoms with E-state index in [4.69, 9.17) is 0 Å². The van der Waals surface area contributed by atoms with E-state index in [0.717, 1.165) is 0 Å². The summed E-state index contributed by atoms with van der Waals surface area (Å²) in [5.41, 5.74) is -7.80. The lowest BCUT2D eigenvalue weighted by atomic mass is 9.91. The summed E-state index contributed by atoms with van der Waals surface area (Å²) < 4.78 is 135. The Bertz CT molecular complexity index is 871. The molecule has 1 aromatic rings. The Balaban J connectivity index is 2.55. The standard InChI is InChI=1S/C13F10/c14-5-3-1(6(15)9(18)10(19)8(3)17)2-4(5)13(22,23)12(21)11(20)7(2)16. The molecule has 0 heterocycles. The Kier molecular flexibility index (Phi) is 2.98. The van der Waals surface area contributed by atoms with E-state index in [9.17, 15) is 43.9 Å². The summed E-state index contributed by atoms with van der Waals surface area (Å²) in [5.74, 6) is -25.8. The topological polar surface area (TPSA) is 0 Å². The molecule has 23 heavy (non-hydrogen) atoms. The zero-order valence-electron chi connectivity index (χ0n) is 10.3. The maximum atomic E-state index is 14.0. The highest BCUT2D eigenvalue weighted by molar-refractivity contribution is 6.02. The lowest BCUT2D eigenvalue weighted by Gasteiger charge is -2.22. The third-order valence-electron chi connectivity index (χ3n) is 3.40. The minimum absolute atomic E-state index is 1.78. The van der Waals surface area contributed by atoms with Crippen LogP contribution in [0.4, 0.5) is 43.9 Å². The number of fused-ring (bicyclic) bond motifs is 3. The smallest absolute Gasteiger partial charge is 0.206 e. The van der Waals surface area contributed by atoms with Crippen LogP contribution in [0.25, 0.3) is 11.4 Å². The van der Waals surface area contributed by atoms with E-state index >= 15 is 0 Å².